The Bertz CT molecular complexity index is 637. The number of halogens is 2. The van der Waals surface area contributed by atoms with Crippen LogP contribution in [0, 0.1) is 6.92 Å². The van der Waals surface area contributed by atoms with E-state index in [-0.39, 0.29) is 12.4 Å². The third kappa shape index (κ3) is 5.27. The molecule has 0 amide bonds. The lowest BCUT2D eigenvalue weighted by Crippen LogP contribution is -2.38. The van der Waals surface area contributed by atoms with Crippen molar-refractivity contribution >= 4 is 17.3 Å². The zero-order valence-electron chi connectivity index (χ0n) is 13.1. The topological polar surface area (TPSA) is 67.1 Å². The molecule has 2 heterocycles. The monoisotopic (exact) mass is 342 g/mol. The van der Waals surface area contributed by atoms with Crippen molar-refractivity contribution in [3.8, 4) is 0 Å². The number of thiazole rings is 1. The first-order chi connectivity index (χ1) is 11.1. The van der Waals surface area contributed by atoms with E-state index >= 15 is 0 Å². The molecule has 0 saturated carbocycles. The molecule has 0 aliphatic heterocycles. The number of hydrogen-bond donors (Lipinski definition) is 2. The van der Waals surface area contributed by atoms with Crippen molar-refractivity contribution in [2.75, 3.05) is 13.1 Å². The van der Waals surface area contributed by atoms with E-state index in [0.717, 1.165) is 16.0 Å². The minimum Gasteiger partial charge on any atom is -0.357 e. The summed E-state index contributed by atoms with van der Waals surface area (Å²) in [7, 11) is 0. The highest BCUT2D eigenvalue weighted by Crippen LogP contribution is 2.13. The molecule has 0 bridgehead atoms. The van der Waals surface area contributed by atoms with E-state index in [1.54, 1.807) is 11.3 Å². The fraction of sp³-hybridized carbons (Fsp3) is 0.500. The van der Waals surface area contributed by atoms with Crippen LogP contribution in [0.15, 0.2) is 23.6 Å². The Labute approximate surface area is 137 Å². The fourth-order valence-electron chi connectivity index (χ4n) is 1.94. The van der Waals surface area contributed by atoms with Crippen LogP contribution in [0.1, 0.15) is 29.2 Å². The van der Waals surface area contributed by atoms with Gasteiger partial charge < -0.3 is 10.6 Å². The van der Waals surface area contributed by atoms with Crippen molar-refractivity contribution < 1.29 is 8.78 Å². The molecule has 0 aliphatic rings. The molecule has 0 radical (unpaired) electrons. The lowest BCUT2D eigenvalue weighted by atomic mass is 10.4. The summed E-state index contributed by atoms with van der Waals surface area (Å²) in [5, 5.41) is 7.31. The summed E-state index contributed by atoms with van der Waals surface area (Å²) in [5.41, 5.74) is 0. The first-order valence-electron chi connectivity index (χ1n) is 7.33. The van der Waals surface area contributed by atoms with Gasteiger partial charge in [-0.2, -0.15) is 8.78 Å². The van der Waals surface area contributed by atoms with Gasteiger partial charge in [0, 0.05) is 43.0 Å². The van der Waals surface area contributed by atoms with Crippen LogP contribution in [0.3, 0.4) is 0 Å². The summed E-state index contributed by atoms with van der Waals surface area (Å²) in [6.07, 6.45) is 5.24. The number of nitrogens with one attached hydrogen (secondary N) is 2. The Morgan fingerprint density at radius 2 is 2.22 bits per heavy atom. The molecule has 0 saturated heterocycles. The maximum atomic E-state index is 12.8. The van der Waals surface area contributed by atoms with Gasteiger partial charge in [0.15, 0.2) is 5.96 Å². The number of imidazole rings is 1. The molecule has 23 heavy (non-hydrogen) atoms. The maximum Gasteiger partial charge on any atom is 0.319 e. The predicted octanol–water partition coefficient (Wildman–Crippen LogP) is 2.34. The zero-order valence-corrected chi connectivity index (χ0v) is 13.9. The molecule has 0 atom stereocenters. The minimum absolute atomic E-state index is 0.0863. The molecule has 126 valence electrons. The second-order valence-corrected chi connectivity index (χ2v) is 6.08. The van der Waals surface area contributed by atoms with E-state index in [1.165, 1.54) is 17.3 Å². The average Bonchev–Trinajstić information content (AvgIpc) is 3.13. The quantitative estimate of drug-likeness (QED) is 0.599. The van der Waals surface area contributed by atoms with Crippen molar-refractivity contribution in [1.29, 1.82) is 0 Å². The Morgan fingerprint density at radius 1 is 1.39 bits per heavy atom. The Kier molecular flexibility index (Phi) is 6.45. The lowest BCUT2D eigenvalue weighted by Gasteiger charge is -2.11. The molecule has 2 aromatic heterocycles. The second-order valence-electron chi connectivity index (χ2n) is 4.76. The second kappa shape index (κ2) is 8.56. The van der Waals surface area contributed by atoms with Crippen LogP contribution in [0.25, 0.3) is 0 Å². The average molecular weight is 342 g/mol. The first-order valence-corrected chi connectivity index (χ1v) is 8.15. The van der Waals surface area contributed by atoms with Crippen LogP contribution in [0.5, 0.6) is 0 Å². The lowest BCUT2D eigenvalue weighted by molar-refractivity contribution is 0.0671. The summed E-state index contributed by atoms with van der Waals surface area (Å²) in [6, 6.07) is 0. The van der Waals surface area contributed by atoms with Crippen molar-refractivity contribution in [2.45, 2.75) is 33.4 Å². The van der Waals surface area contributed by atoms with E-state index in [0.29, 0.717) is 19.0 Å². The minimum atomic E-state index is -2.61. The van der Waals surface area contributed by atoms with Crippen LogP contribution in [-0.2, 0) is 13.0 Å². The SMILES string of the molecule is CCNC(=NCc1nccn1C(F)F)NCCc1ncc(C)s1. The van der Waals surface area contributed by atoms with E-state index in [2.05, 4.69) is 25.6 Å². The molecule has 0 aromatic carbocycles. The Hall–Kier alpha value is -2.03. The van der Waals surface area contributed by atoms with Crippen molar-refractivity contribution in [3.05, 3.63) is 34.3 Å². The predicted molar refractivity (Wildman–Crippen MR) is 86.9 cm³/mol. The number of aliphatic imine (C=N–C) groups is 1. The summed E-state index contributed by atoms with van der Waals surface area (Å²) in [4.78, 5) is 13.7. The molecule has 0 aliphatic carbocycles. The maximum absolute atomic E-state index is 12.8. The Balaban J connectivity index is 1.90. The smallest absolute Gasteiger partial charge is 0.319 e. The third-order valence-electron chi connectivity index (χ3n) is 2.98. The van der Waals surface area contributed by atoms with E-state index in [1.807, 2.05) is 20.0 Å². The molecule has 0 fully saturated rings. The Morgan fingerprint density at radius 3 is 2.87 bits per heavy atom. The zero-order chi connectivity index (χ0) is 16.7. The van der Waals surface area contributed by atoms with Crippen LogP contribution in [0.2, 0.25) is 0 Å². The number of rotatable bonds is 7. The van der Waals surface area contributed by atoms with Crippen molar-refractivity contribution in [2.24, 2.45) is 4.99 Å². The van der Waals surface area contributed by atoms with Gasteiger partial charge >= 0.3 is 6.55 Å². The van der Waals surface area contributed by atoms with E-state index < -0.39 is 6.55 Å². The highest BCUT2D eigenvalue weighted by molar-refractivity contribution is 7.11. The molecule has 6 nitrogen and oxygen atoms in total. The first kappa shape index (κ1) is 17.3. The van der Waals surface area contributed by atoms with Gasteiger partial charge in [-0.3, -0.25) is 4.57 Å². The standard InChI is InChI=1S/C14H20F2N6S/c1-3-17-14(19-5-4-12-20-8-10(2)23-12)21-9-11-18-6-7-22(11)13(15)16/h6-8,13H,3-5,9H2,1-2H3,(H2,17,19,21). The molecular weight excluding hydrogens is 322 g/mol. The van der Waals surface area contributed by atoms with Gasteiger partial charge in [-0.25, -0.2) is 15.0 Å². The summed E-state index contributed by atoms with van der Waals surface area (Å²) in [6.45, 7) is 2.80. The highest BCUT2D eigenvalue weighted by Gasteiger charge is 2.10. The van der Waals surface area contributed by atoms with Crippen molar-refractivity contribution in [1.82, 2.24) is 25.2 Å². The molecule has 2 rings (SSSR count). The van der Waals surface area contributed by atoms with E-state index in [4.69, 9.17) is 0 Å². The van der Waals surface area contributed by atoms with Crippen LogP contribution in [-0.4, -0.2) is 33.6 Å². The van der Waals surface area contributed by atoms with E-state index in [9.17, 15) is 8.78 Å². The third-order valence-corrected chi connectivity index (χ3v) is 3.95. The van der Waals surface area contributed by atoms with Gasteiger partial charge in [-0.1, -0.05) is 0 Å². The number of alkyl halides is 2. The van der Waals surface area contributed by atoms with Crippen LogP contribution >= 0.6 is 11.3 Å². The van der Waals surface area contributed by atoms with Gasteiger partial charge in [-0.15, -0.1) is 11.3 Å². The molecule has 2 aromatic rings. The van der Waals surface area contributed by atoms with Gasteiger partial charge in [0.25, 0.3) is 0 Å². The van der Waals surface area contributed by atoms with Gasteiger partial charge in [0.2, 0.25) is 0 Å². The van der Waals surface area contributed by atoms with Gasteiger partial charge in [-0.05, 0) is 13.8 Å². The fourth-order valence-corrected chi connectivity index (χ4v) is 2.73. The molecule has 9 heteroatoms. The molecule has 0 unspecified atom stereocenters. The number of hydrogen-bond acceptors (Lipinski definition) is 4. The number of guanidine groups is 1. The summed E-state index contributed by atoms with van der Waals surface area (Å²) < 4.78 is 26.3. The van der Waals surface area contributed by atoms with Gasteiger partial charge in [0.1, 0.15) is 12.4 Å². The van der Waals surface area contributed by atoms with Crippen molar-refractivity contribution in [3.63, 3.8) is 0 Å². The molecule has 0 spiro atoms. The van der Waals surface area contributed by atoms with Gasteiger partial charge in [0.05, 0.1) is 5.01 Å². The normalized spacial score (nSPS) is 12.0. The number of aromatic nitrogens is 3. The number of aryl methyl sites for hydroxylation is 1. The molecular formula is C14H20F2N6S. The largest absolute Gasteiger partial charge is 0.357 e. The summed E-state index contributed by atoms with van der Waals surface area (Å²) >= 11 is 1.66. The summed E-state index contributed by atoms with van der Waals surface area (Å²) in [5.74, 6) is 0.803. The highest BCUT2D eigenvalue weighted by atomic mass is 32.1. The van der Waals surface area contributed by atoms with Crippen LogP contribution in [0.4, 0.5) is 8.78 Å². The van der Waals surface area contributed by atoms with Crippen LogP contribution < -0.4 is 10.6 Å². The number of nitrogens with zero attached hydrogens (tertiary/aromatic N) is 4. The molecule has 2 N–H and O–H groups in total.